The molecule has 0 spiro atoms. The number of hydrogen-bond donors (Lipinski definition) is 0. The summed E-state index contributed by atoms with van der Waals surface area (Å²) in [6, 6.07) is 10.5. The fourth-order valence-corrected chi connectivity index (χ4v) is 6.25. The highest BCUT2D eigenvalue weighted by molar-refractivity contribution is 5.85. The Hall–Kier alpha value is -4.36. The molecule has 3 heterocycles. The Balaban J connectivity index is 1.29. The van der Waals surface area contributed by atoms with E-state index < -0.39 is 30.2 Å². The Bertz CT molecular complexity index is 1620. The van der Waals surface area contributed by atoms with Gasteiger partial charge >= 0.3 is 18.4 Å². The summed E-state index contributed by atoms with van der Waals surface area (Å²) in [4.78, 5) is 27.4. The van der Waals surface area contributed by atoms with Crippen LogP contribution in [0.25, 0.3) is 5.69 Å². The Morgan fingerprint density at radius 3 is 2.49 bits per heavy atom. The summed E-state index contributed by atoms with van der Waals surface area (Å²) in [7, 11) is 1.31. The van der Waals surface area contributed by atoms with Crippen LogP contribution in [0.5, 0.6) is 17.2 Å². The summed E-state index contributed by atoms with van der Waals surface area (Å²) >= 11 is 0. The lowest BCUT2D eigenvalue weighted by Crippen LogP contribution is -2.43. The third-order valence-corrected chi connectivity index (χ3v) is 8.45. The van der Waals surface area contributed by atoms with Gasteiger partial charge in [-0.15, -0.1) is 8.78 Å². The average molecular weight is 636 g/mol. The van der Waals surface area contributed by atoms with Crippen LogP contribution < -0.4 is 14.2 Å². The van der Waals surface area contributed by atoms with Gasteiger partial charge in [0, 0.05) is 24.7 Å². The number of fused-ring (bicyclic) bond motifs is 2. The normalized spacial score (nSPS) is 20.0. The van der Waals surface area contributed by atoms with E-state index in [1.54, 1.807) is 36.1 Å². The zero-order chi connectivity index (χ0) is 32.1. The summed E-state index contributed by atoms with van der Waals surface area (Å²) in [6.07, 6.45) is -7.49. The molecule has 45 heavy (non-hydrogen) atoms. The van der Waals surface area contributed by atoms with E-state index in [0.29, 0.717) is 44.3 Å². The maximum absolute atomic E-state index is 14.2. The number of likely N-dealkylation sites (tertiary alicyclic amines) is 1. The van der Waals surface area contributed by atoms with Crippen molar-refractivity contribution in [1.29, 1.82) is 0 Å². The van der Waals surface area contributed by atoms with Gasteiger partial charge in [-0.05, 0) is 68.9 Å². The molecule has 1 aliphatic carbocycles. The number of esters is 1. The lowest BCUT2D eigenvalue weighted by molar-refractivity contribution is -0.286. The number of carbonyl (C=O) groups is 2. The van der Waals surface area contributed by atoms with Gasteiger partial charge < -0.3 is 23.8 Å². The zero-order valence-corrected chi connectivity index (χ0v) is 24.4. The van der Waals surface area contributed by atoms with E-state index in [0.717, 1.165) is 0 Å². The highest BCUT2D eigenvalue weighted by atomic mass is 19.4. The number of alkyl halides is 5. The summed E-state index contributed by atoms with van der Waals surface area (Å²) in [5.41, 5.74) is -0.0843. The van der Waals surface area contributed by atoms with Gasteiger partial charge in [-0.1, -0.05) is 12.1 Å². The summed E-state index contributed by atoms with van der Waals surface area (Å²) in [5.74, 6) is -1.80. The molecule has 2 atom stereocenters. The number of nitrogens with zero attached hydrogens (tertiary/aromatic N) is 3. The molecule has 2 aromatic carbocycles. The first-order valence-corrected chi connectivity index (χ1v) is 14.6. The fraction of sp³-hybridized carbons (Fsp3) is 0.452. The van der Waals surface area contributed by atoms with Crippen LogP contribution >= 0.6 is 0 Å². The summed E-state index contributed by atoms with van der Waals surface area (Å²) in [5, 5.41) is 3.99. The molecular formula is C31H30F5N3O6. The first-order valence-electron chi connectivity index (χ1n) is 14.6. The molecule has 2 aliphatic heterocycles. The number of hydrogen-bond acceptors (Lipinski definition) is 7. The molecule has 9 nitrogen and oxygen atoms in total. The molecular weight excluding hydrogens is 605 g/mol. The zero-order valence-electron chi connectivity index (χ0n) is 24.4. The minimum absolute atomic E-state index is 0.00611. The first kappa shape index (κ1) is 30.7. The minimum atomic E-state index is -4.74. The molecule has 0 bridgehead atoms. The second-order valence-corrected chi connectivity index (χ2v) is 11.3. The van der Waals surface area contributed by atoms with Crippen molar-refractivity contribution in [3.05, 3.63) is 65.0 Å². The van der Waals surface area contributed by atoms with Crippen molar-refractivity contribution < 1.29 is 50.5 Å². The van der Waals surface area contributed by atoms with E-state index in [2.05, 4.69) is 14.6 Å². The number of rotatable bonds is 6. The SMILES string of the molecule is COC(=O)C1CCN(C(=O)C2CCCc3c(C(F)(F)F)nn(-c4cccc(O[C@@H](C)c5ccc6c(c5)OC(F)(F)O6)c4)c32)CC1. The lowest BCUT2D eigenvalue weighted by Gasteiger charge is -2.34. The van der Waals surface area contributed by atoms with Gasteiger partial charge in [-0.25, -0.2) is 4.68 Å². The number of benzene rings is 2. The molecule has 0 radical (unpaired) electrons. The van der Waals surface area contributed by atoms with E-state index in [-0.39, 0.29) is 58.4 Å². The van der Waals surface area contributed by atoms with E-state index in [1.807, 2.05) is 0 Å². The Kier molecular flexibility index (Phi) is 7.86. The third-order valence-electron chi connectivity index (χ3n) is 8.45. The highest BCUT2D eigenvalue weighted by Crippen LogP contribution is 2.44. The number of carbonyl (C=O) groups excluding carboxylic acids is 2. The van der Waals surface area contributed by atoms with Crippen molar-refractivity contribution in [2.75, 3.05) is 20.2 Å². The molecule has 1 aromatic heterocycles. The van der Waals surface area contributed by atoms with Crippen molar-refractivity contribution in [3.63, 3.8) is 0 Å². The Morgan fingerprint density at radius 2 is 1.78 bits per heavy atom. The van der Waals surface area contributed by atoms with Crippen molar-refractivity contribution in [2.24, 2.45) is 5.92 Å². The van der Waals surface area contributed by atoms with Gasteiger partial charge in [0.1, 0.15) is 11.9 Å². The highest BCUT2D eigenvalue weighted by Gasteiger charge is 2.45. The van der Waals surface area contributed by atoms with Crippen LogP contribution in [0.1, 0.15) is 67.1 Å². The first-order chi connectivity index (χ1) is 21.3. The van der Waals surface area contributed by atoms with E-state index in [9.17, 15) is 31.5 Å². The summed E-state index contributed by atoms with van der Waals surface area (Å²) < 4.78 is 90.6. The van der Waals surface area contributed by atoms with Gasteiger partial charge in [0.2, 0.25) is 5.91 Å². The van der Waals surface area contributed by atoms with Crippen LogP contribution in [-0.2, 0) is 26.9 Å². The molecule has 14 heteroatoms. The molecule has 1 fully saturated rings. The molecule has 3 aromatic rings. The predicted octanol–water partition coefficient (Wildman–Crippen LogP) is 6.18. The van der Waals surface area contributed by atoms with Crippen LogP contribution in [0.4, 0.5) is 22.0 Å². The smallest absolute Gasteiger partial charge is 0.486 e. The van der Waals surface area contributed by atoms with Crippen molar-refractivity contribution in [1.82, 2.24) is 14.7 Å². The molecule has 1 saturated heterocycles. The Morgan fingerprint density at radius 1 is 1.04 bits per heavy atom. The number of ether oxygens (including phenoxy) is 4. The second kappa shape index (κ2) is 11.5. The van der Waals surface area contributed by atoms with Crippen LogP contribution in [-0.4, -0.2) is 53.1 Å². The molecule has 1 amide bonds. The molecule has 3 aliphatic rings. The van der Waals surface area contributed by atoms with E-state index in [1.165, 1.54) is 30.0 Å². The van der Waals surface area contributed by atoms with E-state index >= 15 is 0 Å². The van der Waals surface area contributed by atoms with Gasteiger partial charge in [0.25, 0.3) is 0 Å². The monoisotopic (exact) mass is 635 g/mol. The maximum Gasteiger partial charge on any atom is 0.586 e. The van der Waals surface area contributed by atoms with Gasteiger partial charge in [-0.2, -0.15) is 18.3 Å². The molecule has 0 N–H and O–H groups in total. The van der Waals surface area contributed by atoms with Crippen molar-refractivity contribution >= 4 is 11.9 Å². The topological polar surface area (TPSA) is 92.1 Å². The standard InChI is InChI=1S/C31H30F5N3O6/c1-17(19-9-10-24-25(15-19)45-31(35,36)44-24)43-21-6-3-5-20(16-21)39-26-22(27(37-39)30(32,33)34)7-4-8-23(26)28(40)38-13-11-18(12-14-38)29(41)42-2/h3,5-6,9-10,15-18,23H,4,7-8,11-14H2,1-2H3/t17-,23?/m0/s1. The lowest BCUT2D eigenvalue weighted by atomic mass is 9.84. The number of aromatic nitrogens is 2. The van der Waals surface area contributed by atoms with Gasteiger partial charge in [-0.3, -0.25) is 9.59 Å². The van der Waals surface area contributed by atoms with Crippen LogP contribution in [0.15, 0.2) is 42.5 Å². The number of methoxy groups -OCH3 is 1. The average Bonchev–Trinajstić information content (AvgIpc) is 3.56. The van der Waals surface area contributed by atoms with E-state index in [4.69, 9.17) is 9.47 Å². The van der Waals surface area contributed by atoms with Crippen LogP contribution in [0.3, 0.4) is 0 Å². The predicted molar refractivity (Wildman–Crippen MR) is 147 cm³/mol. The number of halogens is 5. The van der Waals surface area contributed by atoms with Crippen molar-refractivity contribution in [3.8, 4) is 22.9 Å². The number of amides is 1. The largest absolute Gasteiger partial charge is 0.586 e. The van der Waals surface area contributed by atoms with Crippen LogP contribution in [0.2, 0.25) is 0 Å². The number of piperidine rings is 1. The quantitative estimate of drug-likeness (QED) is 0.236. The van der Waals surface area contributed by atoms with Gasteiger partial charge in [0.15, 0.2) is 17.2 Å². The molecule has 6 rings (SSSR count). The summed E-state index contributed by atoms with van der Waals surface area (Å²) in [6.45, 7) is 2.27. The Labute approximate surface area is 254 Å². The maximum atomic E-state index is 14.2. The molecule has 240 valence electrons. The minimum Gasteiger partial charge on any atom is -0.486 e. The fourth-order valence-electron chi connectivity index (χ4n) is 6.25. The van der Waals surface area contributed by atoms with Crippen LogP contribution in [0, 0.1) is 5.92 Å². The molecule has 1 unspecified atom stereocenters. The second-order valence-electron chi connectivity index (χ2n) is 11.3. The third kappa shape index (κ3) is 6.01. The molecule has 0 saturated carbocycles. The van der Waals surface area contributed by atoms with Gasteiger partial charge in [0.05, 0.1) is 30.3 Å². The van der Waals surface area contributed by atoms with Crippen molar-refractivity contribution in [2.45, 2.75) is 63.5 Å².